The lowest BCUT2D eigenvalue weighted by Crippen LogP contribution is -2.29. The Balaban J connectivity index is 1.31. The summed E-state index contributed by atoms with van der Waals surface area (Å²) in [4.78, 5) is 42.7. The summed E-state index contributed by atoms with van der Waals surface area (Å²) < 4.78 is 1.58. The molecule has 0 aliphatic carbocycles. The van der Waals surface area contributed by atoms with Gasteiger partial charge in [-0.3, -0.25) is 19.0 Å². The third kappa shape index (κ3) is 8.05. The molecule has 0 bridgehead atoms. The van der Waals surface area contributed by atoms with Gasteiger partial charge in [-0.1, -0.05) is 84.6 Å². The van der Waals surface area contributed by atoms with E-state index >= 15 is 0 Å². The van der Waals surface area contributed by atoms with Crippen LogP contribution in [0.5, 0.6) is 0 Å². The second kappa shape index (κ2) is 14.1. The molecule has 4 rings (SSSR count). The fraction of sp³-hybridized carbons (Fsp3) is 0.267. The summed E-state index contributed by atoms with van der Waals surface area (Å²) in [5.41, 5.74) is 2.77. The van der Waals surface area contributed by atoms with Gasteiger partial charge in [-0.25, -0.2) is 4.98 Å². The molecule has 0 unspecified atom stereocenters. The standard InChI is InChI=1S/C30H32N4O3S/c35-27(31-19-17-23-10-3-1-4-11-23)16-9-21-34-29(37)25-14-7-8-15-26(25)33-30(34)38-22-28(36)32-20-18-24-12-5-2-6-13-24/h1-8,10-15H,9,16-22H2,(H,31,35)(H,32,36). The second-order valence-electron chi connectivity index (χ2n) is 8.93. The van der Waals surface area contributed by atoms with E-state index in [0.29, 0.717) is 48.5 Å². The molecule has 4 aromatic rings. The van der Waals surface area contributed by atoms with Crippen LogP contribution in [-0.4, -0.2) is 40.2 Å². The number of benzene rings is 3. The number of carbonyl (C=O) groups excluding carboxylic acids is 2. The van der Waals surface area contributed by atoms with Crippen LogP contribution in [0.1, 0.15) is 24.0 Å². The zero-order valence-corrected chi connectivity index (χ0v) is 22.1. The van der Waals surface area contributed by atoms with Gasteiger partial charge in [0.2, 0.25) is 11.8 Å². The molecule has 0 atom stereocenters. The predicted molar refractivity (Wildman–Crippen MR) is 152 cm³/mol. The van der Waals surface area contributed by atoms with Gasteiger partial charge in [0, 0.05) is 26.1 Å². The zero-order valence-electron chi connectivity index (χ0n) is 21.3. The highest BCUT2D eigenvalue weighted by Crippen LogP contribution is 2.18. The molecule has 0 saturated carbocycles. The van der Waals surface area contributed by atoms with Crippen molar-refractivity contribution in [2.45, 2.75) is 37.4 Å². The number of fused-ring (bicyclic) bond motifs is 1. The third-order valence-electron chi connectivity index (χ3n) is 6.10. The number of nitrogens with zero attached hydrogens (tertiary/aromatic N) is 2. The van der Waals surface area contributed by atoms with Crippen molar-refractivity contribution in [3.8, 4) is 0 Å². The van der Waals surface area contributed by atoms with Gasteiger partial charge >= 0.3 is 0 Å². The maximum Gasteiger partial charge on any atom is 0.262 e. The number of rotatable bonds is 13. The largest absolute Gasteiger partial charge is 0.356 e. The van der Waals surface area contributed by atoms with Crippen molar-refractivity contribution in [3.05, 3.63) is 106 Å². The Morgan fingerprint density at radius 2 is 1.34 bits per heavy atom. The van der Waals surface area contributed by atoms with Crippen LogP contribution in [0.3, 0.4) is 0 Å². The maximum absolute atomic E-state index is 13.2. The van der Waals surface area contributed by atoms with Gasteiger partial charge in [-0.2, -0.15) is 0 Å². The van der Waals surface area contributed by atoms with Crippen molar-refractivity contribution in [2.24, 2.45) is 0 Å². The van der Waals surface area contributed by atoms with Crippen LogP contribution in [0, 0.1) is 0 Å². The van der Waals surface area contributed by atoms with Crippen molar-refractivity contribution in [1.29, 1.82) is 0 Å². The number of thioether (sulfide) groups is 1. The van der Waals surface area contributed by atoms with Crippen LogP contribution in [0.2, 0.25) is 0 Å². The highest BCUT2D eigenvalue weighted by Gasteiger charge is 2.14. The SMILES string of the molecule is O=C(CCCn1c(SCC(=O)NCCc2ccccc2)nc2ccccc2c1=O)NCCc1ccccc1. The number of hydrogen-bond acceptors (Lipinski definition) is 5. The Labute approximate surface area is 226 Å². The molecule has 0 spiro atoms. The lowest BCUT2D eigenvalue weighted by atomic mass is 10.1. The third-order valence-corrected chi connectivity index (χ3v) is 7.08. The summed E-state index contributed by atoms with van der Waals surface area (Å²) in [6.45, 7) is 1.46. The van der Waals surface area contributed by atoms with Crippen LogP contribution in [-0.2, 0) is 29.0 Å². The van der Waals surface area contributed by atoms with Crippen LogP contribution < -0.4 is 16.2 Å². The van der Waals surface area contributed by atoms with E-state index in [9.17, 15) is 14.4 Å². The molecular formula is C30H32N4O3S. The minimum Gasteiger partial charge on any atom is -0.356 e. The minimum absolute atomic E-state index is 0.0466. The van der Waals surface area contributed by atoms with E-state index in [2.05, 4.69) is 15.6 Å². The van der Waals surface area contributed by atoms with Gasteiger partial charge < -0.3 is 10.6 Å². The smallest absolute Gasteiger partial charge is 0.262 e. The molecule has 7 nitrogen and oxygen atoms in total. The van der Waals surface area contributed by atoms with Crippen molar-refractivity contribution in [2.75, 3.05) is 18.8 Å². The van der Waals surface area contributed by atoms with Crippen LogP contribution >= 0.6 is 11.8 Å². The van der Waals surface area contributed by atoms with E-state index in [1.165, 1.54) is 17.3 Å². The minimum atomic E-state index is -0.160. The molecule has 38 heavy (non-hydrogen) atoms. The Morgan fingerprint density at radius 3 is 2.00 bits per heavy atom. The van der Waals surface area contributed by atoms with Crippen molar-refractivity contribution < 1.29 is 9.59 Å². The Hall–Kier alpha value is -3.91. The molecular weight excluding hydrogens is 496 g/mol. The summed E-state index contributed by atoms with van der Waals surface area (Å²) in [6.07, 6.45) is 2.32. The summed E-state index contributed by atoms with van der Waals surface area (Å²) in [6, 6.07) is 27.2. The highest BCUT2D eigenvalue weighted by molar-refractivity contribution is 7.99. The number of amides is 2. The highest BCUT2D eigenvalue weighted by atomic mass is 32.2. The molecule has 2 amide bonds. The molecule has 0 saturated heterocycles. The second-order valence-corrected chi connectivity index (χ2v) is 9.87. The Morgan fingerprint density at radius 1 is 0.763 bits per heavy atom. The van der Waals surface area contributed by atoms with E-state index in [-0.39, 0.29) is 23.1 Å². The number of hydrogen-bond donors (Lipinski definition) is 2. The topological polar surface area (TPSA) is 93.1 Å². The Bertz CT molecular complexity index is 1410. The first-order chi connectivity index (χ1) is 18.6. The van der Waals surface area contributed by atoms with Crippen molar-refractivity contribution in [3.63, 3.8) is 0 Å². The predicted octanol–water partition coefficient (Wildman–Crippen LogP) is 3.99. The molecule has 196 valence electrons. The molecule has 0 fully saturated rings. The number of carbonyl (C=O) groups is 2. The normalized spacial score (nSPS) is 10.8. The number of aromatic nitrogens is 2. The molecule has 0 radical (unpaired) electrons. The van der Waals surface area contributed by atoms with E-state index in [1.54, 1.807) is 16.7 Å². The van der Waals surface area contributed by atoms with E-state index < -0.39 is 0 Å². The fourth-order valence-corrected chi connectivity index (χ4v) is 4.96. The van der Waals surface area contributed by atoms with E-state index in [4.69, 9.17) is 0 Å². The van der Waals surface area contributed by atoms with Crippen LogP contribution in [0.15, 0.2) is 94.9 Å². The molecule has 3 aromatic carbocycles. The number of para-hydroxylation sites is 1. The first-order valence-corrected chi connectivity index (χ1v) is 13.8. The summed E-state index contributed by atoms with van der Waals surface area (Å²) in [5.74, 6) is -0.00748. The first-order valence-electron chi connectivity index (χ1n) is 12.8. The maximum atomic E-state index is 13.2. The monoisotopic (exact) mass is 528 g/mol. The molecule has 2 N–H and O–H groups in total. The molecule has 1 aromatic heterocycles. The molecule has 0 aliphatic rings. The van der Waals surface area contributed by atoms with Gasteiger partial charge in [0.15, 0.2) is 5.16 Å². The van der Waals surface area contributed by atoms with Gasteiger partial charge in [0.1, 0.15) is 0 Å². The summed E-state index contributed by atoms with van der Waals surface area (Å²) in [5, 5.41) is 6.89. The summed E-state index contributed by atoms with van der Waals surface area (Å²) >= 11 is 1.24. The summed E-state index contributed by atoms with van der Waals surface area (Å²) in [7, 11) is 0. The fourth-order valence-electron chi connectivity index (χ4n) is 4.10. The van der Waals surface area contributed by atoms with Crippen LogP contribution in [0.4, 0.5) is 0 Å². The average Bonchev–Trinajstić information content (AvgIpc) is 2.94. The number of nitrogens with one attached hydrogen (secondary N) is 2. The van der Waals surface area contributed by atoms with Crippen molar-refractivity contribution >= 4 is 34.5 Å². The van der Waals surface area contributed by atoms with E-state index in [1.807, 2.05) is 72.8 Å². The lowest BCUT2D eigenvalue weighted by Gasteiger charge is -2.13. The van der Waals surface area contributed by atoms with Crippen LogP contribution in [0.25, 0.3) is 10.9 Å². The molecule has 0 aliphatic heterocycles. The molecule has 1 heterocycles. The van der Waals surface area contributed by atoms with Gasteiger partial charge in [-0.05, 0) is 42.5 Å². The molecule has 8 heteroatoms. The average molecular weight is 529 g/mol. The zero-order chi connectivity index (χ0) is 26.6. The quantitative estimate of drug-likeness (QED) is 0.202. The first kappa shape index (κ1) is 27.1. The van der Waals surface area contributed by atoms with E-state index in [0.717, 1.165) is 18.4 Å². The van der Waals surface area contributed by atoms with Crippen molar-refractivity contribution in [1.82, 2.24) is 20.2 Å². The Kier molecular flexibility index (Phi) is 10.1. The van der Waals surface area contributed by atoms with Gasteiger partial charge in [-0.15, -0.1) is 0 Å². The van der Waals surface area contributed by atoms with Gasteiger partial charge in [0.25, 0.3) is 5.56 Å². The lowest BCUT2D eigenvalue weighted by molar-refractivity contribution is -0.121. The van der Waals surface area contributed by atoms with Gasteiger partial charge in [0.05, 0.1) is 16.7 Å².